The molecule has 0 radical (unpaired) electrons. The van der Waals surface area contributed by atoms with Crippen LogP contribution in [0.2, 0.25) is 0 Å². The van der Waals surface area contributed by atoms with E-state index in [1.54, 1.807) is 29.0 Å². The van der Waals surface area contributed by atoms with E-state index in [-0.39, 0.29) is 11.8 Å². The predicted molar refractivity (Wildman–Crippen MR) is 99.9 cm³/mol. The van der Waals surface area contributed by atoms with E-state index in [1.165, 1.54) is 6.20 Å². The summed E-state index contributed by atoms with van der Waals surface area (Å²) >= 11 is 0. The number of carbonyl (C=O) groups excluding carboxylic acids is 2. The lowest BCUT2D eigenvalue weighted by molar-refractivity contribution is 0.0658. The van der Waals surface area contributed by atoms with Crippen LogP contribution in [0.3, 0.4) is 0 Å². The van der Waals surface area contributed by atoms with Crippen LogP contribution in [0.1, 0.15) is 26.4 Å². The Bertz CT molecular complexity index is 770. The zero-order chi connectivity index (χ0) is 18.5. The maximum atomic E-state index is 12.7. The number of amides is 2. The van der Waals surface area contributed by atoms with Crippen LogP contribution >= 0.6 is 0 Å². The van der Waals surface area contributed by atoms with E-state index < -0.39 is 0 Å². The second-order valence-electron chi connectivity index (χ2n) is 6.67. The minimum atomic E-state index is -0.122. The SMILES string of the molecule is CN1CCN(C(=O)c2cc(C(=O)N(C)Cc3ccccc3)ccn2)CC1. The number of nitrogens with zero attached hydrogens (tertiary/aromatic N) is 4. The van der Waals surface area contributed by atoms with Crippen molar-refractivity contribution < 1.29 is 9.59 Å². The largest absolute Gasteiger partial charge is 0.337 e. The second kappa shape index (κ2) is 8.10. The number of aromatic nitrogens is 1. The molecule has 0 unspecified atom stereocenters. The minimum Gasteiger partial charge on any atom is -0.337 e. The Labute approximate surface area is 154 Å². The van der Waals surface area contributed by atoms with E-state index in [0.29, 0.717) is 30.9 Å². The molecular weight excluding hydrogens is 328 g/mol. The molecule has 1 aliphatic rings. The summed E-state index contributed by atoms with van der Waals surface area (Å²) in [5.74, 6) is -0.234. The molecule has 2 amide bonds. The van der Waals surface area contributed by atoms with Gasteiger partial charge in [0.1, 0.15) is 5.69 Å². The average Bonchev–Trinajstić information content (AvgIpc) is 2.68. The van der Waals surface area contributed by atoms with Crippen molar-refractivity contribution in [3.05, 3.63) is 65.5 Å². The van der Waals surface area contributed by atoms with Crippen molar-refractivity contribution in [1.82, 2.24) is 19.7 Å². The molecule has 1 aromatic heterocycles. The normalized spacial score (nSPS) is 14.9. The molecule has 0 atom stereocenters. The van der Waals surface area contributed by atoms with Gasteiger partial charge in [-0.2, -0.15) is 0 Å². The summed E-state index contributed by atoms with van der Waals surface area (Å²) in [6.45, 7) is 3.59. The number of likely N-dealkylation sites (N-methyl/N-ethyl adjacent to an activating group) is 1. The lowest BCUT2D eigenvalue weighted by Gasteiger charge is -2.32. The number of hydrogen-bond acceptors (Lipinski definition) is 4. The van der Waals surface area contributed by atoms with E-state index in [9.17, 15) is 9.59 Å². The highest BCUT2D eigenvalue weighted by atomic mass is 16.2. The maximum Gasteiger partial charge on any atom is 0.272 e. The second-order valence-corrected chi connectivity index (χ2v) is 6.67. The highest BCUT2D eigenvalue weighted by molar-refractivity contribution is 5.98. The Hall–Kier alpha value is -2.73. The predicted octanol–water partition coefficient (Wildman–Crippen LogP) is 1.74. The molecular formula is C20H24N4O2. The van der Waals surface area contributed by atoms with Gasteiger partial charge in [0.2, 0.25) is 0 Å². The van der Waals surface area contributed by atoms with Gasteiger partial charge in [-0.15, -0.1) is 0 Å². The van der Waals surface area contributed by atoms with Crippen LogP contribution < -0.4 is 0 Å². The Kier molecular flexibility index (Phi) is 5.63. The summed E-state index contributed by atoms with van der Waals surface area (Å²) < 4.78 is 0. The third kappa shape index (κ3) is 4.26. The summed E-state index contributed by atoms with van der Waals surface area (Å²) in [4.78, 5) is 35.2. The molecule has 0 spiro atoms. The summed E-state index contributed by atoms with van der Waals surface area (Å²) in [7, 11) is 3.81. The monoisotopic (exact) mass is 352 g/mol. The molecule has 3 rings (SSSR count). The van der Waals surface area contributed by atoms with Crippen molar-refractivity contribution >= 4 is 11.8 Å². The number of benzene rings is 1. The van der Waals surface area contributed by atoms with Gasteiger partial charge < -0.3 is 14.7 Å². The van der Waals surface area contributed by atoms with Gasteiger partial charge >= 0.3 is 0 Å². The van der Waals surface area contributed by atoms with Crippen molar-refractivity contribution in [3.63, 3.8) is 0 Å². The molecule has 2 heterocycles. The van der Waals surface area contributed by atoms with Gasteiger partial charge in [0.15, 0.2) is 0 Å². The lowest BCUT2D eigenvalue weighted by Crippen LogP contribution is -2.47. The molecule has 2 aromatic rings. The highest BCUT2D eigenvalue weighted by Crippen LogP contribution is 2.12. The van der Waals surface area contributed by atoms with E-state index in [2.05, 4.69) is 9.88 Å². The Balaban J connectivity index is 1.70. The molecule has 6 nitrogen and oxygen atoms in total. The first-order valence-electron chi connectivity index (χ1n) is 8.78. The van der Waals surface area contributed by atoms with Crippen molar-refractivity contribution in [2.24, 2.45) is 0 Å². The van der Waals surface area contributed by atoms with Crippen LogP contribution in [0.15, 0.2) is 48.7 Å². The summed E-state index contributed by atoms with van der Waals surface area (Å²) in [5.41, 5.74) is 1.87. The van der Waals surface area contributed by atoms with Gasteiger partial charge in [0, 0.05) is 51.5 Å². The summed E-state index contributed by atoms with van der Waals surface area (Å²) in [6.07, 6.45) is 1.53. The number of piperazine rings is 1. The van der Waals surface area contributed by atoms with Gasteiger partial charge in [-0.25, -0.2) is 0 Å². The Morgan fingerprint density at radius 3 is 2.46 bits per heavy atom. The van der Waals surface area contributed by atoms with Crippen LogP contribution in [-0.4, -0.2) is 71.8 Å². The zero-order valence-electron chi connectivity index (χ0n) is 15.3. The first kappa shape index (κ1) is 18.1. The molecule has 1 aromatic carbocycles. The molecule has 1 fully saturated rings. The molecule has 1 saturated heterocycles. The van der Waals surface area contributed by atoms with Crippen LogP contribution in [0, 0.1) is 0 Å². The van der Waals surface area contributed by atoms with E-state index in [4.69, 9.17) is 0 Å². The Morgan fingerprint density at radius 2 is 1.77 bits per heavy atom. The van der Waals surface area contributed by atoms with E-state index >= 15 is 0 Å². The fraction of sp³-hybridized carbons (Fsp3) is 0.350. The van der Waals surface area contributed by atoms with Crippen molar-refractivity contribution in [3.8, 4) is 0 Å². The van der Waals surface area contributed by atoms with E-state index in [1.807, 2.05) is 37.4 Å². The van der Waals surface area contributed by atoms with E-state index in [0.717, 1.165) is 18.7 Å². The van der Waals surface area contributed by atoms with Crippen molar-refractivity contribution in [2.45, 2.75) is 6.54 Å². The first-order chi connectivity index (χ1) is 12.5. The highest BCUT2D eigenvalue weighted by Gasteiger charge is 2.22. The van der Waals surface area contributed by atoms with Crippen molar-refractivity contribution in [1.29, 1.82) is 0 Å². The Morgan fingerprint density at radius 1 is 1.08 bits per heavy atom. The fourth-order valence-corrected chi connectivity index (χ4v) is 3.00. The zero-order valence-corrected chi connectivity index (χ0v) is 15.3. The molecule has 0 bridgehead atoms. The fourth-order valence-electron chi connectivity index (χ4n) is 3.00. The third-order valence-electron chi connectivity index (χ3n) is 4.63. The lowest BCUT2D eigenvalue weighted by atomic mass is 10.1. The number of carbonyl (C=O) groups is 2. The van der Waals surface area contributed by atoms with Crippen LogP contribution in [0.5, 0.6) is 0 Å². The maximum absolute atomic E-state index is 12.7. The molecule has 0 saturated carbocycles. The minimum absolute atomic E-state index is 0.113. The van der Waals surface area contributed by atoms with Gasteiger partial charge in [-0.1, -0.05) is 30.3 Å². The average molecular weight is 352 g/mol. The number of rotatable bonds is 4. The van der Waals surface area contributed by atoms with Crippen LogP contribution in [0.25, 0.3) is 0 Å². The summed E-state index contributed by atoms with van der Waals surface area (Å²) in [5, 5.41) is 0. The van der Waals surface area contributed by atoms with Gasteiger partial charge in [0.25, 0.3) is 11.8 Å². The van der Waals surface area contributed by atoms with Crippen LogP contribution in [0.4, 0.5) is 0 Å². The van der Waals surface area contributed by atoms with Gasteiger partial charge in [-0.3, -0.25) is 14.6 Å². The van der Waals surface area contributed by atoms with Gasteiger partial charge in [0.05, 0.1) is 0 Å². The molecule has 0 N–H and O–H groups in total. The van der Waals surface area contributed by atoms with Crippen LogP contribution in [-0.2, 0) is 6.54 Å². The third-order valence-corrected chi connectivity index (χ3v) is 4.63. The number of hydrogen-bond donors (Lipinski definition) is 0. The molecule has 6 heteroatoms. The topological polar surface area (TPSA) is 56.8 Å². The standard InChI is InChI=1S/C20H24N4O2/c1-22-10-12-24(13-11-22)20(26)18-14-17(8-9-21-18)19(25)23(2)15-16-6-4-3-5-7-16/h3-9,14H,10-13,15H2,1-2H3. The molecule has 26 heavy (non-hydrogen) atoms. The van der Waals surface area contributed by atoms with Crippen molar-refractivity contribution in [2.75, 3.05) is 40.3 Å². The smallest absolute Gasteiger partial charge is 0.272 e. The first-order valence-corrected chi connectivity index (χ1v) is 8.78. The molecule has 0 aliphatic carbocycles. The number of pyridine rings is 1. The quantitative estimate of drug-likeness (QED) is 0.841. The molecule has 1 aliphatic heterocycles. The molecule has 136 valence electrons. The van der Waals surface area contributed by atoms with Gasteiger partial charge in [-0.05, 0) is 24.7 Å². The summed E-state index contributed by atoms with van der Waals surface area (Å²) in [6, 6.07) is 13.1.